The van der Waals surface area contributed by atoms with Gasteiger partial charge in [-0.15, -0.1) is 0 Å². The van der Waals surface area contributed by atoms with Gasteiger partial charge in [-0.2, -0.15) is 0 Å². The van der Waals surface area contributed by atoms with Crippen molar-refractivity contribution in [2.75, 3.05) is 25.2 Å². The molecule has 1 heterocycles. The second kappa shape index (κ2) is 17.6. The maximum absolute atomic E-state index is 11.8. The summed E-state index contributed by atoms with van der Waals surface area (Å²) in [5.74, 6) is 1.49. The summed E-state index contributed by atoms with van der Waals surface area (Å²) in [6, 6.07) is 0. The van der Waals surface area contributed by atoms with Crippen LogP contribution in [-0.4, -0.2) is 62.2 Å². The molecule has 1 unspecified atom stereocenters. The van der Waals surface area contributed by atoms with Gasteiger partial charge >= 0.3 is 5.97 Å². The van der Waals surface area contributed by atoms with Gasteiger partial charge in [0.25, 0.3) is 0 Å². The molecule has 1 aromatic heterocycles. The highest BCUT2D eigenvalue weighted by Gasteiger charge is 2.16. The summed E-state index contributed by atoms with van der Waals surface area (Å²) >= 11 is 1.34. The van der Waals surface area contributed by atoms with E-state index in [2.05, 4.69) is 14.7 Å². The smallest absolute Gasteiger partial charge is 0.305 e. The fourth-order valence-corrected chi connectivity index (χ4v) is 6.86. The van der Waals surface area contributed by atoms with Crippen molar-refractivity contribution in [2.24, 2.45) is 0 Å². The largest absolute Gasteiger partial charge is 0.469 e. The Kier molecular flexibility index (Phi) is 15.8. The molecule has 0 spiro atoms. The predicted molar refractivity (Wildman–Crippen MR) is 144 cm³/mol. The number of hydrogen-bond acceptors (Lipinski definition) is 11. The van der Waals surface area contributed by atoms with Crippen molar-refractivity contribution in [3.8, 4) is 0 Å². The van der Waals surface area contributed by atoms with Gasteiger partial charge in [-0.1, -0.05) is 39.8 Å². The Morgan fingerprint density at radius 2 is 2.00 bits per heavy atom. The first-order valence-corrected chi connectivity index (χ1v) is 14.6. The summed E-state index contributed by atoms with van der Waals surface area (Å²) in [6.45, 7) is 5.36. The number of aryl methyl sites for hydroxylation is 1. The van der Waals surface area contributed by atoms with Crippen molar-refractivity contribution in [2.45, 2.75) is 71.1 Å². The number of carbonyl (C=O) groups is 3. The Morgan fingerprint density at radius 1 is 1.26 bits per heavy atom. The van der Waals surface area contributed by atoms with Gasteiger partial charge in [0.2, 0.25) is 6.41 Å². The van der Waals surface area contributed by atoms with E-state index >= 15 is 0 Å². The fraction of sp³-hybridized carbons (Fsp3) is 0.609. The van der Waals surface area contributed by atoms with Crippen molar-refractivity contribution in [1.29, 1.82) is 0 Å². The molecule has 196 valence electrons. The molecule has 0 aliphatic rings. The number of nitrogens with zero attached hydrogens (tertiary/aromatic N) is 3. The van der Waals surface area contributed by atoms with Crippen LogP contribution in [0.5, 0.6) is 0 Å². The van der Waals surface area contributed by atoms with Gasteiger partial charge in [0.05, 0.1) is 13.7 Å². The van der Waals surface area contributed by atoms with Crippen molar-refractivity contribution < 1.29 is 24.2 Å². The molecular weight excluding hydrogens is 508 g/mol. The van der Waals surface area contributed by atoms with Gasteiger partial charge in [-0.3, -0.25) is 14.4 Å². The quantitative estimate of drug-likeness (QED) is 0.127. The minimum absolute atomic E-state index is 0.0360. The number of aliphatic hydroxyl groups is 1. The zero-order valence-electron chi connectivity index (χ0n) is 20.8. The lowest BCUT2D eigenvalue weighted by Crippen LogP contribution is -2.21. The van der Waals surface area contributed by atoms with Crippen LogP contribution in [0.15, 0.2) is 16.8 Å². The molecule has 1 rings (SSSR count). The van der Waals surface area contributed by atoms with E-state index in [1.165, 1.54) is 29.7 Å². The predicted octanol–water partition coefficient (Wildman–Crippen LogP) is 4.09. The number of nitrogens with two attached hydrogens (primary N) is 1. The van der Waals surface area contributed by atoms with Crippen molar-refractivity contribution in [3.05, 3.63) is 28.2 Å². The van der Waals surface area contributed by atoms with Crippen LogP contribution in [0.4, 0.5) is 5.82 Å². The molecule has 9 nitrogen and oxygen atoms in total. The van der Waals surface area contributed by atoms with E-state index in [4.69, 9.17) is 5.73 Å². The van der Waals surface area contributed by atoms with Crippen LogP contribution in [0.25, 0.3) is 0 Å². The summed E-state index contributed by atoms with van der Waals surface area (Å²) in [7, 11) is 4.54. The number of ether oxygens (including phenoxy) is 1. The number of aromatic nitrogens is 2. The lowest BCUT2D eigenvalue weighted by molar-refractivity contribution is -0.140. The van der Waals surface area contributed by atoms with E-state index in [1.807, 2.05) is 6.92 Å². The number of rotatable bonds is 17. The number of nitrogen functional groups attached to an aromatic ring is 1. The molecule has 1 atom stereocenters. The highest BCUT2D eigenvalue weighted by atomic mass is 33.1. The standard InChI is InChI=1S/C23H36N4O5S3/c1-16(27(15-29)14-19-13-25-17(2)26-23(19)24)21(9-11-28)35-33-12-10-20(34-18(3)30)7-5-6-8-22(31)32-4/h13,15,20,28H,5-12,14H2,1-4H3,(H2,24,25,26)/b21-16-. The minimum atomic E-state index is -0.215. The van der Waals surface area contributed by atoms with E-state index in [1.54, 1.807) is 35.7 Å². The van der Waals surface area contributed by atoms with Gasteiger partial charge < -0.3 is 20.5 Å². The Balaban J connectivity index is 2.70. The molecule has 35 heavy (non-hydrogen) atoms. The third-order valence-corrected chi connectivity index (χ3v) is 8.87. The van der Waals surface area contributed by atoms with Crippen LogP contribution in [-0.2, 0) is 25.7 Å². The number of aliphatic hydroxyl groups excluding tert-OH is 1. The Bertz CT molecular complexity index is 870. The highest BCUT2D eigenvalue weighted by Crippen LogP contribution is 2.37. The molecule has 0 saturated carbocycles. The van der Waals surface area contributed by atoms with E-state index < -0.39 is 0 Å². The SMILES string of the molecule is COC(=O)CCCCC(CCSS/C(CCO)=C(/C)N(C=O)Cc1cnc(C)nc1N)SC(C)=O. The summed E-state index contributed by atoms with van der Waals surface area (Å²) < 4.78 is 4.67. The molecular formula is C23H36N4O5S3. The van der Waals surface area contributed by atoms with Gasteiger partial charge in [0.15, 0.2) is 5.12 Å². The number of unbranched alkanes of at least 4 members (excludes halogenated alkanes) is 1. The van der Waals surface area contributed by atoms with Crippen LogP contribution in [0.1, 0.15) is 63.8 Å². The Labute approximate surface area is 219 Å². The Hall–Kier alpha value is -1.76. The van der Waals surface area contributed by atoms with Crippen molar-refractivity contribution in [1.82, 2.24) is 14.9 Å². The van der Waals surface area contributed by atoms with Crippen LogP contribution < -0.4 is 5.73 Å². The number of allylic oxidation sites excluding steroid dienone is 1. The topological polar surface area (TPSA) is 136 Å². The third-order valence-electron chi connectivity index (χ3n) is 5.06. The molecule has 3 N–H and O–H groups in total. The summed E-state index contributed by atoms with van der Waals surface area (Å²) in [5, 5.41) is 9.81. The van der Waals surface area contributed by atoms with Crippen molar-refractivity contribution >= 4 is 56.7 Å². The summed E-state index contributed by atoms with van der Waals surface area (Å²) in [4.78, 5) is 45.5. The fourth-order valence-electron chi connectivity index (χ4n) is 3.13. The molecule has 0 fully saturated rings. The van der Waals surface area contributed by atoms with E-state index in [0.29, 0.717) is 30.0 Å². The number of esters is 1. The molecule has 12 heteroatoms. The maximum atomic E-state index is 11.8. The van der Waals surface area contributed by atoms with Crippen molar-refractivity contribution in [3.63, 3.8) is 0 Å². The highest BCUT2D eigenvalue weighted by molar-refractivity contribution is 8.78. The average molecular weight is 545 g/mol. The lowest BCUT2D eigenvalue weighted by Gasteiger charge is -2.22. The number of amides is 1. The summed E-state index contributed by atoms with van der Waals surface area (Å²) in [5.41, 5.74) is 7.37. The lowest BCUT2D eigenvalue weighted by atomic mass is 10.1. The normalized spacial score (nSPS) is 12.6. The first kappa shape index (κ1) is 31.3. The molecule has 0 saturated heterocycles. The maximum Gasteiger partial charge on any atom is 0.305 e. The molecule has 0 aliphatic carbocycles. The van der Waals surface area contributed by atoms with Gasteiger partial charge in [0.1, 0.15) is 11.6 Å². The second-order valence-electron chi connectivity index (χ2n) is 7.79. The molecule has 0 radical (unpaired) electrons. The van der Waals surface area contributed by atoms with Crippen LogP contribution >= 0.6 is 33.3 Å². The second-order valence-corrected chi connectivity index (χ2v) is 11.8. The van der Waals surface area contributed by atoms with Gasteiger partial charge in [0, 0.05) is 59.7 Å². The monoisotopic (exact) mass is 544 g/mol. The molecule has 0 aromatic carbocycles. The number of anilines is 1. The zero-order valence-corrected chi connectivity index (χ0v) is 23.3. The average Bonchev–Trinajstić information content (AvgIpc) is 2.82. The molecule has 1 amide bonds. The molecule has 0 bridgehead atoms. The Morgan fingerprint density at radius 3 is 2.60 bits per heavy atom. The molecule has 0 aliphatic heterocycles. The van der Waals surface area contributed by atoms with Crippen LogP contribution in [0.3, 0.4) is 0 Å². The van der Waals surface area contributed by atoms with E-state index in [0.717, 1.165) is 48.4 Å². The third kappa shape index (κ3) is 12.7. The number of carbonyl (C=O) groups excluding carboxylic acids is 3. The molecule has 1 aromatic rings. The van der Waals surface area contributed by atoms with Crippen LogP contribution in [0, 0.1) is 6.92 Å². The van der Waals surface area contributed by atoms with E-state index in [9.17, 15) is 19.5 Å². The van der Waals surface area contributed by atoms with Gasteiger partial charge in [-0.25, -0.2) is 9.97 Å². The van der Waals surface area contributed by atoms with E-state index in [-0.39, 0.29) is 29.5 Å². The van der Waals surface area contributed by atoms with Crippen LogP contribution in [0.2, 0.25) is 0 Å². The van der Waals surface area contributed by atoms with Gasteiger partial charge in [-0.05, 0) is 33.1 Å². The minimum Gasteiger partial charge on any atom is -0.469 e. The number of methoxy groups -OCH3 is 1. The number of hydrogen-bond donors (Lipinski definition) is 2. The zero-order chi connectivity index (χ0) is 26.2. The number of thioether (sulfide) groups is 1. The first-order valence-electron chi connectivity index (χ1n) is 11.4. The summed E-state index contributed by atoms with van der Waals surface area (Å²) in [6.07, 6.45) is 6.45. The first-order chi connectivity index (χ1) is 16.7.